The van der Waals surface area contributed by atoms with Gasteiger partial charge >= 0.3 is 5.97 Å². The Morgan fingerprint density at radius 1 is 0.946 bits per heavy atom. The Bertz CT molecular complexity index is 1580. The van der Waals surface area contributed by atoms with E-state index >= 15 is 0 Å². The highest BCUT2D eigenvalue weighted by molar-refractivity contribution is 5.94. The van der Waals surface area contributed by atoms with Gasteiger partial charge in [-0.25, -0.2) is 0 Å². The SMILES string of the molecule is COc1ccc(-c2coc3c4c(cc(O)c3c2=O)OC(=O)CC4c2cc(OC)c3c(c2)OCCO3)cc1. The third kappa shape index (κ3) is 3.70. The second kappa shape index (κ2) is 8.77. The van der Waals surface area contributed by atoms with Crippen LogP contribution in [0, 0.1) is 0 Å². The first kappa shape index (κ1) is 22.8. The maximum atomic E-state index is 13.6. The molecule has 1 unspecified atom stereocenters. The molecule has 4 aromatic rings. The lowest BCUT2D eigenvalue weighted by Gasteiger charge is -2.28. The van der Waals surface area contributed by atoms with Crippen molar-refractivity contribution in [1.82, 2.24) is 0 Å². The summed E-state index contributed by atoms with van der Waals surface area (Å²) in [5.74, 6) is 0.826. The second-order valence-corrected chi connectivity index (χ2v) is 8.70. The molecule has 0 amide bonds. The molecule has 1 atom stereocenters. The number of carbonyl (C=O) groups excluding carboxylic acids is 1. The number of ether oxygens (including phenoxy) is 5. The molecule has 0 fully saturated rings. The van der Waals surface area contributed by atoms with Crippen molar-refractivity contribution in [2.75, 3.05) is 27.4 Å². The van der Waals surface area contributed by atoms with E-state index in [9.17, 15) is 14.7 Å². The van der Waals surface area contributed by atoms with E-state index < -0.39 is 17.3 Å². The van der Waals surface area contributed by atoms with Crippen molar-refractivity contribution in [2.24, 2.45) is 0 Å². The van der Waals surface area contributed by atoms with Crippen LogP contribution in [-0.2, 0) is 4.79 Å². The van der Waals surface area contributed by atoms with E-state index in [4.69, 9.17) is 28.1 Å². The molecular weight excluding hydrogens is 480 g/mol. The molecule has 2 aliphatic heterocycles. The van der Waals surface area contributed by atoms with Crippen LogP contribution in [0.1, 0.15) is 23.5 Å². The lowest BCUT2D eigenvalue weighted by Crippen LogP contribution is -2.22. The quantitative estimate of drug-likeness (QED) is 0.320. The fourth-order valence-electron chi connectivity index (χ4n) is 4.88. The van der Waals surface area contributed by atoms with Crippen LogP contribution in [0.2, 0.25) is 0 Å². The number of fused-ring (bicyclic) bond motifs is 4. The highest BCUT2D eigenvalue weighted by Crippen LogP contribution is 2.49. The molecule has 2 aliphatic rings. The summed E-state index contributed by atoms with van der Waals surface area (Å²) < 4.78 is 33.7. The van der Waals surface area contributed by atoms with Gasteiger partial charge in [-0.05, 0) is 35.4 Å². The molecule has 1 aromatic heterocycles. The monoisotopic (exact) mass is 502 g/mol. The molecule has 9 heteroatoms. The van der Waals surface area contributed by atoms with Crippen LogP contribution in [0.25, 0.3) is 22.1 Å². The van der Waals surface area contributed by atoms with Gasteiger partial charge in [-0.15, -0.1) is 0 Å². The highest BCUT2D eigenvalue weighted by Gasteiger charge is 2.35. The number of esters is 1. The molecule has 3 heterocycles. The molecule has 1 N–H and O–H groups in total. The van der Waals surface area contributed by atoms with Gasteiger partial charge in [0.05, 0.1) is 26.2 Å². The van der Waals surface area contributed by atoms with Crippen molar-refractivity contribution < 1.29 is 38.0 Å². The topological polar surface area (TPSA) is 114 Å². The average Bonchev–Trinajstić information content (AvgIpc) is 2.92. The molecular formula is C28H22O9. The fourth-order valence-corrected chi connectivity index (χ4v) is 4.88. The van der Waals surface area contributed by atoms with E-state index in [2.05, 4.69) is 0 Å². The molecule has 0 radical (unpaired) electrons. The number of aromatic hydroxyl groups is 1. The van der Waals surface area contributed by atoms with Crippen LogP contribution in [0.5, 0.6) is 34.5 Å². The standard InChI is InChI=1S/C28H22O9/c1-32-16-5-3-14(4-6-16)18-13-36-28-24-17(11-23(30)37-20(24)12-19(29)25(28)26(18)31)15-9-21(33-2)27-22(10-15)34-7-8-35-27/h3-6,9-10,12-13,17,29H,7-8,11H2,1-2H3. The smallest absolute Gasteiger partial charge is 0.312 e. The Morgan fingerprint density at radius 2 is 1.73 bits per heavy atom. The number of rotatable bonds is 4. The number of benzene rings is 3. The maximum absolute atomic E-state index is 13.6. The minimum absolute atomic E-state index is 0.000439. The average molecular weight is 502 g/mol. The summed E-state index contributed by atoms with van der Waals surface area (Å²) in [6.07, 6.45) is 1.34. The number of phenolic OH excluding ortho intramolecular Hbond substituents is 1. The zero-order valence-electron chi connectivity index (χ0n) is 20.0. The van der Waals surface area contributed by atoms with Crippen LogP contribution in [-0.4, -0.2) is 38.5 Å². The lowest BCUT2D eigenvalue weighted by atomic mass is 9.84. The van der Waals surface area contributed by atoms with Crippen molar-refractivity contribution in [3.8, 4) is 45.6 Å². The molecule has 188 valence electrons. The molecule has 6 rings (SSSR count). The minimum atomic E-state index is -0.556. The number of phenols is 1. The van der Waals surface area contributed by atoms with Crippen LogP contribution >= 0.6 is 0 Å². The Labute approximate surface area is 210 Å². The first-order chi connectivity index (χ1) is 18.0. The van der Waals surface area contributed by atoms with Gasteiger partial charge in [0, 0.05) is 17.5 Å². The predicted molar refractivity (Wildman–Crippen MR) is 132 cm³/mol. The summed E-state index contributed by atoms with van der Waals surface area (Å²) in [6, 6.07) is 11.8. The molecule has 0 saturated heterocycles. The minimum Gasteiger partial charge on any atom is -0.507 e. The zero-order valence-corrected chi connectivity index (χ0v) is 20.0. The lowest BCUT2D eigenvalue weighted by molar-refractivity contribution is -0.135. The third-order valence-electron chi connectivity index (χ3n) is 6.62. The van der Waals surface area contributed by atoms with Crippen molar-refractivity contribution in [3.63, 3.8) is 0 Å². The number of hydrogen-bond donors (Lipinski definition) is 1. The molecule has 0 aliphatic carbocycles. The Morgan fingerprint density at radius 3 is 2.49 bits per heavy atom. The van der Waals surface area contributed by atoms with Crippen molar-refractivity contribution in [2.45, 2.75) is 12.3 Å². The maximum Gasteiger partial charge on any atom is 0.312 e. The molecule has 9 nitrogen and oxygen atoms in total. The Kier molecular flexibility index (Phi) is 5.40. The van der Waals surface area contributed by atoms with E-state index in [-0.39, 0.29) is 34.5 Å². The van der Waals surface area contributed by atoms with E-state index in [1.54, 1.807) is 43.5 Å². The highest BCUT2D eigenvalue weighted by atomic mass is 16.6. The number of methoxy groups -OCH3 is 2. The van der Waals surface area contributed by atoms with Gasteiger partial charge in [-0.2, -0.15) is 0 Å². The normalized spacial score (nSPS) is 16.2. The van der Waals surface area contributed by atoms with Crippen molar-refractivity contribution >= 4 is 16.9 Å². The number of carbonyl (C=O) groups is 1. The Balaban J connectivity index is 1.56. The summed E-state index contributed by atoms with van der Waals surface area (Å²) in [5, 5.41) is 10.8. The zero-order chi connectivity index (χ0) is 25.7. The first-order valence-corrected chi connectivity index (χ1v) is 11.6. The summed E-state index contributed by atoms with van der Waals surface area (Å²) in [4.78, 5) is 26.1. The van der Waals surface area contributed by atoms with Gasteiger partial charge in [0.2, 0.25) is 11.2 Å². The third-order valence-corrected chi connectivity index (χ3v) is 6.62. The molecule has 0 spiro atoms. The first-order valence-electron chi connectivity index (χ1n) is 11.6. The summed E-state index contributed by atoms with van der Waals surface area (Å²) in [6.45, 7) is 0.773. The molecule has 0 saturated carbocycles. The van der Waals surface area contributed by atoms with Gasteiger partial charge in [-0.1, -0.05) is 12.1 Å². The van der Waals surface area contributed by atoms with Gasteiger partial charge in [0.15, 0.2) is 11.5 Å². The van der Waals surface area contributed by atoms with Crippen molar-refractivity contribution in [1.29, 1.82) is 0 Å². The van der Waals surface area contributed by atoms with E-state index in [1.807, 2.05) is 0 Å². The number of hydrogen-bond acceptors (Lipinski definition) is 9. The second-order valence-electron chi connectivity index (χ2n) is 8.70. The van der Waals surface area contributed by atoms with Crippen LogP contribution < -0.4 is 29.1 Å². The van der Waals surface area contributed by atoms with Gasteiger partial charge in [0.25, 0.3) is 0 Å². The summed E-state index contributed by atoms with van der Waals surface area (Å²) in [7, 11) is 3.08. The van der Waals surface area contributed by atoms with Crippen LogP contribution in [0.15, 0.2) is 57.9 Å². The van der Waals surface area contributed by atoms with Crippen molar-refractivity contribution in [3.05, 3.63) is 70.1 Å². The van der Waals surface area contributed by atoms with Gasteiger partial charge in [-0.3, -0.25) is 9.59 Å². The fraction of sp³-hybridized carbons (Fsp3) is 0.214. The van der Waals surface area contributed by atoms with E-state index in [1.165, 1.54) is 19.4 Å². The predicted octanol–water partition coefficient (Wildman–Crippen LogP) is 4.40. The largest absolute Gasteiger partial charge is 0.507 e. The summed E-state index contributed by atoms with van der Waals surface area (Å²) >= 11 is 0. The molecule has 37 heavy (non-hydrogen) atoms. The molecule has 0 bridgehead atoms. The Hall–Kier alpha value is -4.66. The van der Waals surface area contributed by atoms with E-state index in [0.29, 0.717) is 52.9 Å². The van der Waals surface area contributed by atoms with Crippen LogP contribution in [0.4, 0.5) is 0 Å². The summed E-state index contributed by atoms with van der Waals surface area (Å²) in [5.41, 5.74) is 1.77. The van der Waals surface area contributed by atoms with E-state index in [0.717, 1.165) is 0 Å². The molecule has 3 aromatic carbocycles. The van der Waals surface area contributed by atoms with Gasteiger partial charge < -0.3 is 33.2 Å². The van der Waals surface area contributed by atoms with Crippen LogP contribution in [0.3, 0.4) is 0 Å². The van der Waals surface area contributed by atoms with Gasteiger partial charge in [0.1, 0.15) is 47.7 Å².